The molecule has 0 radical (unpaired) electrons. The van der Waals surface area contributed by atoms with Crippen LogP contribution in [-0.2, 0) is 17.6 Å². The first-order valence-corrected chi connectivity index (χ1v) is 8.27. The Morgan fingerprint density at radius 3 is 2.79 bits per heavy atom. The topological polar surface area (TPSA) is 108 Å². The highest BCUT2D eigenvalue weighted by Crippen LogP contribution is 2.23. The summed E-state index contributed by atoms with van der Waals surface area (Å²) in [6.07, 6.45) is 1.45. The van der Waals surface area contributed by atoms with Crippen LogP contribution in [0.4, 0.5) is 4.79 Å². The number of nitrogens with zero attached hydrogens (tertiary/aromatic N) is 2. The normalized spacial score (nSPS) is 23.2. The van der Waals surface area contributed by atoms with Gasteiger partial charge in [-0.1, -0.05) is 0 Å². The number of aryl methyl sites for hydroxylation is 1. The molecule has 8 nitrogen and oxygen atoms in total. The molecule has 8 heteroatoms. The molecule has 1 aromatic rings. The number of likely N-dealkylation sites (tertiary alicyclic amines) is 1. The Morgan fingerprint density at radius 1 is 1.33 bits per heavy atom. The van der Waals surface area contributed by atoms with Crippen molar-refractivity contribution >= 4 is 12.0 Å². The van der Waals surface area contributed by atoms with Crippen LogP contribution in [0.5, 0.6) is 0 Å². The fraction of sp³-hybridized carbons (Fsp3) is 0.688. The summed E-state index contributed by atoms with van der Waals surface area (Å²) in [5.74, 6) is -0.315. The molecule has 0 aromatic carbocycles. The first-order valence-electron chi connectivity index (χ1n) is 8.27. The van der Waals surface area contributed by atoms with Gasteiger partial charge in [-0.25, -0.2) is 4.79 Å². The maximum atomic E-state index is 12.4. The van der Waals surface area contributed by atoms with Gasteiger partial charge in [0.05, 0.1) is 18.7 Å². The number of amides is 2. The molecule has 2 heterocycles. The zero-order valence-corrected chi connectivity index (χ0v) is 14.3. The van der Waals surface area contributed by atoms with Crippen LogP contribution in [0.25, 0.3) is 0 Å². The second kappa shape index (κ2) is 6.08. The van der Waals surface area contributed by atoms with E-state index in [0.717, 1.165) is 30.5 Å². The molecule has 1 aromatic heterocycles. The Labute approximate surface area is 140 Å². The third kappa shape index (κ3) is 3.38. The van der Waals surface area contributed by atoms with Crippen molar-refractivity contribution in [3.63, 3.8) is 0 Å². The summed E-state index contributed by atoms with van der Waals surface area (Å²) in [4.78, 5) is 25.9. The van der Waals surface area contributed by atoms with E-state index in [1.165, 1.54) is 4.90 Å². The van der Waals surface area contributed by atoms with Gasteiger partial charge in [-0.3, -0.25) is 9.89 Å². The van der Waals surface area contributed by atoms with Gasteiger partial charge >= 0.3 is 6.09 Å². The Balaban J connectivity index is 1.61. The molecule has 24 heavy (non-hydrogen) atoms. The van der Waals surface area contributed by atoms with Crippen molar-refractivity contribution in [2.45, 2.75) is 57.8 Å². The van der Waals surface area contributed by atoms with Crippen LogP contribution in [0.15, 0.2) is 0 Å². The Kier molecular flexibility index (Phi) is 4.25. The molecule has 0 saturated carbocycles. The standard InChI is InChI=1S/C16H24N4O4/c1-16(2,3)24-15(23)20-7-11(12(21)8-20)17-14(22)13-9-5-4-6-10(9)18-19-13/h11-12,21H,4-8H2,1-3H3,(H,17,22)(H,18,19)/t11-,12-/m1/s1. The van der Waals surface area contributed by atoms with Gasteiger partial charge in [-0.05, 0) is 40.0 Å². The molecule has 0 spiro atoms. The number of aliphatic hydroxyl groups is 1. The SMILES string of the molecule is CC(C)(C)OC(=O)N1C[C@@H](O)[C@H](NC(=O)c2n[nH]c3c2CCC3)C1. The Bertz CT molecular complexity index is 649. The molecule has 3 N–H and O–H groups in total. The quantitative estimate of drug-likeness (QED) is 0.733. The molecule has 0 unspecified atom stereocenters. The van der Waals surface area contributed by atoms with E-state index in [1.807, 2.05) is 0 Å². The molecular formula is C16H24N4O4. The average Bonchev–Trinajstić information content (AvgIpc) is 3.12. The number of rotatable bonds is 2. The van der Waals surface area contributed by atoms with E-state index >= 15 is 0 Å². The van der Waals surface area contributed by atoms with Gasteiger partial charge in [0, 0.05) is 17.8 Å². The number of aromatic nitrogens is 2. The molecule has 2 amide bonds. The van der Waals surface area contributed by atoms with Gasteiger partial charge in [-0.15, -0.1) is 0 Å². The number of aliphatic hydroxyl groups excluding tert-OH is 1. The van der Waals surface area contributed by atoms with Gasteiger partial charge in [0.25, 0.3) is 5.91 Å². The Hall–Kier alpha value is -2.09. The number of hydrogen-bond acceptors (Lipinski definition) is 5. The Morgan fingerprint density at radius 2 is 2.08 bits per heavy atom. The number of nitrogens with one attached hydrogen (secondary N) is 2. The first kappa shape index (κ1) is 16.8. The van der Waals surface area contributed by atoms with E-state index < -0.39 is 23.8 Å². The maximum Gasteiger partial charge on any atom is 0.410 e. The highest BCUT2D eigenvalue weighted by atomic mass is 16.6. The molecule has 132 valence electrons. The van der Waals surface area contributed by atoms with Crippen LogP contribution in [0.3, 0.4) is 0 Å². The van der Waals surface area contributed by atoms with Crippen LogP contribution < -0.4 is 5.32 Å². The van der Waals surface area contributed by atoms with Crippen molar-refractivity contribution in [3.05, 3.63) is 17.0 Å². The zero-order chi connectivity index (χ0) is 17.5. The molecule has 1 saturated heterocycles. The lowest BCUT2D eigenvalue weighted by molar-refractivity contribution is 0.0269. The van der Waals surface area contributed by atoms with E-state index in [1.54, 1.807) is 20.8 Å². The summed E-state index contributed by atoms with van der Waals surface area (Å²) in [6, 6.07) is -0.529. The largest absolute Gasteiger partial charge is 0.444 e. The van der Waals surface area contributed by atoms with Gasteiger partial charge < -0.3 is 20.1 Å². The summed E-state index contributed by atoms with van der Waals surface area (Å²) < 4.78 is 5.30. The van der Waals surface area contributed by atoms with Crippen LogP contribution in [0, 0.1) is 0 Å². The average molecular weight is 336 g/mol. The number of H-pyrrole nitrogens is 1. The lowest BCUT2D eigenvalue weighted by atomic mass is 10.1. The van der Waals surface area contributed by atoms with Gasteiger partial charge in [0.2, 0.25) is 0 Å². The third-order valence-electron chi connectivity index (χ3n) is 4.28. The van der Waals surface area contributed by atoms with E-state index in [0.29, 0.717) is 5.69 Å². The third-order valence-corrected chi connectivity index (χ3v) is 4.28. The summed E-state index contributed by atoms with van der Waals surface area (Å²) in [7, 11) is 0. The second-order valence-corrected chi connectivity index (χ2v) is 7.42. The smallest absolute Gasteiger partial charge is 0.410 e. The minimum atomic E-state index is -0.826. The van der Waals surface area contributed by atoms with Crippen LogP contribution >= 0.6 is 0 Å². The van der Waals surface area contributed by atoms with Crippen LogP contribution in [-0.4, -0.2) is 63.0 Å². The molecule has 2 atom stereocenters. The lowest BCUT2D eigenvalue weighted by Gasteiger charge is -2.24. The van der Waals surface area contributed by atoms with Crippen LogP contribution in [0.1, 0.15) is 48.9 Å². The van der Waals surface area contributed by atoms with Crippen molar-refractivity contribution in [1.29, 1.82) is 0 Å². The highest BCUT2D eigenvalue weighted by Gasteiger charge is 2.37. The molecule has 1 aliphatic carbocycles. The van der Waals surface area contributed by atoms with Crippen molar-refractivity contribution in [2.24, 2.45) is 0 Å². The summed E-state index contributed by atoms with van der Waals surface area (Å²) in [6.45, 7) is 5.71. The van der Waals surface area contributed by atoms with Crippen molar-refractivity contribution in [3.8, 4) is 0 Å². The molecule has 2 aliphatic rings. The number of fused-ring (bicyclic) bond motifs is 1. The second-order valence-electron chi connectivity index (χ2n) is 7.42. The molecular weight excluding hydrogens is 312 g/mol. The van der Waals surface area contributed by atoms with E-state index in [-0.39, 0.29) is 19.0 Å². The van der Waals surface area contributed by atoms with Gasteiger partial charge in [0.1, 0.15) is 5.60 Å². The van der Waals surface area contributed by atoms with Gasteiger partial charge in [0.15, 0.2) is 5.69 Å². The monoisotopic (exact) mass is 336 g/mol. The minimum absolute atomic E-state index is 0.137. The molecule has 0 bridgehead atoms. The lowest BCUT2D eigenvalue weighted by Crippen LogP contribution is -2.43. The van der Waals surface area contributed by atoms with Crippen LogP contribution in [0.2, 0.25) is 0 Å². The van der Waals surface area contributed by atoms with Gasteiger partial charge in [-0.2, -0.15) is 5.10 Å². The maximum absolute atomic E-state index is 12.4. The number of carbonyl (C=O) groups excluding carboxylic acids is 2. The van der Waals surface area contributed by atoms with E-state index in [9.17, 15) is 14.7 Å². The number of ether oxygens (including phenoxy) is 1. The molecule has 1 aliphatic heterocycles. The molecule has 3 rings (SSSR count). The number of hydrogen-bond donors (Lipinski definition) is 3. The summed E-state index contributed by atoms with van der Waals surface area (Å²) in [5.41, 5.74) is 1.77. The number of β-amino-alcohol motifs (C(OH)–C–C–N with tert-alkyl or cyclic N) is 1. The summed E-state index contributed by atoms with van der Waals surface area (Å²) in [5, 5.41) is 19.9. The van der Waals surface area contributed by atoms with E-state index in [4.69, 9.17) is 4.74 Å². The fourth-order valence-corrected chi connectivity index (χ4v) is 3.15. The number of aromatic amines is 1. The predicted octanol–water partition coefficient (Wildman–Crippen LogP) is 0.608. The summed E-state index contributed by atoms with van der Waals surface area (Å²) >= 11 is 0. The van der Waals surface area contributed by atoms with Crippen molar-refractivity contribution in [1.82, 2.24) is 20.4 Å². The van der Waals surface area contributed by atoms with E-state index in [2.05, 4.69) is 15.5 Å². The molecule has 1 fully saturated rings. The zero-order valence-electron chi connectivity index (χ0n) is 14.3. The van der Waals surface area contributed by atoms with Crippen molar-refractivity contribution < 1.29 is 19.4 Å². The highest BCUT2D eigenvalue weighted by molar-refractivity contribution is 5.94. The first-order chi connectivity index (χ1) is 11.2. The minimum Gasteiger partial charge on any atom is -0.444 e. The number of carbonyl (C=O) groups is 2. The van der Waals surface area contributed by atoms with Crippen molar-refractivity contribution in [2.75, 3.05) is 13.1 Å². The predicted molar refractivity (Wildman–Crippen MR) is 85.7 cm³/mol. The fourth-order valence-electron chi connectivity index (χ4n) is 3.15.